The monoisotopic (exact) mass is 407 g/mol. The maximum absolute atomic E-state index is 10.4. The summed E-state index contributed by atoms with van der Waals surface area (Å²) in [5.41, 5.74) is 0.751. The Balaban J connectivity index is 2.00. The maximum Gasteiger partial charge on any atom is 0.220 e. The molecule has 6 N–H and O–H groups in total. The Morgan fingerprint density at radius 3 is 2.48 bits per heavy atom. The molecular weight excluding hydrogens is 394 g/mol. The molecule has 1 fully saturated rings. The molecule has 0 amide bonds. The quantitative estimate of drug-likeness (QED) is 0.389. The number of rotatable bonds is 2. The average molecular weight is 409 g/mol. The lowest BCUT2D eigenvalue weighted by atomic mass is 9.84. The van der Waals surface area contributed by atoms with Crippen LogP contribution in [0.15, 0.2) is 30.5 Å². The van der Waals surface area contributed by atoms with Crippen LogP contribution in [0.1, 0.15) is 0 Å². The van der Waals surface area contributed by atoms with Gasteiger partial charge in [-0.25, -0.2) is 0 Å². The van der Waals surface area contributed by atoms with Crippen molar-refractivity contribution in [2.24, 2.45) is 0 Å². The van der Waals surface area contributed by atoms with Crippen molar-refractivity contribution < 1.29 is 30.3 Å². The molecule has 1 aliphatic rings. The standard InChI is InChI=1S/C14H15BrClNO6/c15-13(21)11(20)9(18)10(19)12(14(13,16)22)23-8-5-17-7-4-2-1-3-6(7)8/h1-5,9-12,17-22H/t9-,10+,11+,12+,13-,14-/m1/s1. The first-order valence-electron chi connectivity index (χ1n) is 6.77. The second-order valence-corrected chi connectivity index (χ2v) is 7.29. The van der Waals surface area contributed by atoms with Crippen molar-refractivity contribution in [2.75, 3.05) is 0 Å². The molecule has 2 aromatic rings. The fourth-order valence-electron chi connectivity index (χ4n) is 2.65. The van der Waals surface area contributed by atoms with Gasteiger partial charge in [-0.05, 0) is 28.1 Å². The molecule has 1 aliphatic carbocycles. The molecule has 126 valence electrons. The van der Waals surface area contributed by atoms with E-state index in [1.54, 1.807) is 18.2 Å². The predicted octanol–water partition coefficient (Wildman–Crippen LogP) is 0.0225. The number of H-pyrrole nitrogens is 1. The van der Waals surface area contributed by atoms with Crippen LogP contribution >= 0.6 is 27.5 Å². The number of hydrogen-bond donors (Lipinski definition) is 6. The van der Waals surface area contributed by atoms with E-state index >= 15 is 0 Å². The van der Waals surface area contributed by atoms with E-state index in [1.165, 1.54) is 6.20 Å². The van der Waals surface area contributed by atoms with Gasteiger partial charge in [-0.15, -0.1) is 0 Å². The number of para-hydroxylation sites is 1. The third-order valence-corrected chi connectivity index (χ3v) is 5.85. The van der Waals surface area contributed by atoms with Crippen molar-refractivity contribution in [3.8, 4) is 5.75 Å². The highest BCUT2D eigenvalue weighted by Gasteiger charge is 2.67. The molecule has 0 spiro atoms. The number of ether oxygens (including phenoxy) is 1. The van der Waals surface area contributed by atoms with E-state index in [1.807, 2.05) is 6.07 Å². The summed E-state index contributed by atoms with van der Waals surface area (Å²) in [6.45, 7) is 0. The fourth-order valence-corrected chi connectivity index (χ4v) is 3.43. The van der Waals surface area contributed by atoms with E-state index < -0.39 is 34.0 Å². The van der Waals surface area contributed by atoms with Gasteiger partial charge in [-0.1, -0.05) is 23.7 Å². The molecule has 0 bridgehead atoms. The molecule has 6 atom stereocenters. The average Bonchev–Trinajstić information content (AvgIpc) is 2.92. The van der Waals surface area contributed by atoms with Crippen molar-refractivity contribution >= 4 is 38.4 Å². The molecule has 0 aliphatic heterocycles. The summed E-state index contributed by atoms with van der Waals surface area (Å²) < 4.78 is 3.08. The predicted molar refractivity (Wildman–Crippen MR) is 85.4 cm³/mol. The van der Waals surface area contributed by atoms with E-state index in [2.05, 4.69) is 20.9 Å². The van der Waals surface area contributed by atoms with Crippen LogP contribution in [0.25, 0.3) is 10.9 Å². The zero-order valence-corrected chi connectivity index (χ0v) is 13.9. The van der Waals surface area contributed by atoms with Gasteiger partial charge in [-0.2, -0.15) is 0 Å². The number of hydrogen-bond acceptors (Lipinski definition) is 6. The number of alkyl halides is 2. The molecule has 0 radical (unpaired) electrons. The van der Waals surface area contributed by atoms with E-state index in [0.29, 0.717) is 5.39 Å². The van der Waals surface area contributed by atoms with Crippen LogP contribution in [0.4, 0.5) is 0 Å². The number of halogens is 2. The fraction of sp³-hybridized carbons (Fsp3) is 0.429. The minimum absolute atomic E-state index is 0.260. The number of fused-ring (bicyclic) bond motifs is 1. The Morgan fingerprint density at radius 2 is 1.78 bits per heavy atom. The van der Waals surface area contributed by atoms with E-state index in [0.717, 1.165) is 5.52 Å². The summed E-state index contributed by atoms with van der Waals surface area (Å²) in [6.07, 6.45) is -5.57. The summed E-state index contributed by atoms with van der Waals surface area (Å²) in [6, 6.07) is 7.13. The maximum atomic E-state index is 10.4. The van der Waals surface area contributed by atoms with Crippen LogP contribution in [-0.4, -0.2) is 64.5 Å². The molecule has 7 nitrogen and oxygen atoms in total. The highest BCUT2D eigenvalue weighted by Crippen LogP contribution is 2.46. The highest BCUT2D eigenvalue weighted by atomic mass is 79.9. The highest BCUT2D eigenvalue weighted by molar-refractivity contribution is 9.10. The van der Waals surface area contributed by atoms with Gasteiger partial charge in [-0.3, -0.25) is 0 Å². The van der Waals surface area contributed by atoms with E-state index in [-0.39, 0.29) is 5.75 Å². The number of nitrogens with one attached hydrogen (secondary N) is 1. The topological polar surface area (TPSA) is 126 Å². The van der Waals surface area contributed by atoms with Crippen LogP contribution < -0.4 is 4.74 Å². The largest absolute Gasteiger partial charge is 0.481 e. The molecule has 9 heteroatoms. The number of aromatic nitrogens is 1. The number of benzene rings is 1. The summed E-state index contributed by atoms with van der Waals surface area (Å²) in [4.78, 5) is 2.94. The molecule has 1 aromatic heterocycles. The Kier molecular flexibility index (Phi) is 4.13. The first kappa shape index (κ1) is 17.0. The van der Waals surface area contributed by atoms with Crippen molar-refractivity contribution in [3.05, 3.63) is 30.5 Å². The molecule has 0 unspecified atom stereocenters. The van der Waals surface area contributed by atoms with Crippen LogP contribution in [-0.2, 0) is 0 Å². The second kappa shape index (κ2) is 5.59. The van der Waals surface area contributed by atoms with Gasteiger partial charge in [0, 0.05) is 17.1 Å². The second-order valence-electron chi connectivity index (χ2n) is 5.51. The van der Waals surface area contributed by atoms with Gasteiger partial charge in [0.2, 0.25) is 5.06 Å². The van der Waals surface area contributed by atoms with E-state index in [4.69, 9.17) is 16.3 Å². The molecule has 1 saturated carbocycles. The minimum Gasteiger partial charge on any atom is -0.481 e. The number of aromatic amines is 1. The van der Waals surface area contributed by atoms with Crippen molar-refractivity contribution in [1.29, 1.82) is 0 Å². The Labute approximate surface area is 144 Å². The number of aliphatic hydroxyl groups excluding tert-OH is 3. The van der Waals surface area contributed by atoms with Gasteiger partial charge in [0.25, 0.3) is 0 Å². The van der Waals surface area contributed by atoms with Crippen LogP contribution in [0.2, 0.25) is 0 Å². The zero-order valence-electron chi connectivity index (χ0n) is 11.6. The molecular formula is C14H15BrClNO6. The van der Waals surface area contributed by atoms with Gasteiger partial charge in [0.1, 0.15) is 24.1 Å². The summed E-state index contributed by atoms with van der Waals surface area (Å²) in [5, 5.41) is 48.5. The summed E-state index contributed by atoms with van der Waals surface area (Å²) in [7, 11) is 0. The smallest absolute Gasteiger partial charge is 0.220 e. The molecule has 1 aromatic carbocycles. The lowest BCUT2D eigenvalue weighted by Crippen LogP contribution is -2.74. The van der Waals surface area contributed by atoms with Crippen molar-refractivity contribution in [1.82, 2.24) is 4.98 Å². The lowest BCUT2D eigenvalue weighted by Gasteiger charge is -2.50. The van der Waals surface area contributed by atoms with Gasteiger partial charge in [0.05, 0.1) is 0 Å². The Bertz CT molecular complexity index is 720. The Morgan fingerprint density at radius 1 is 1.13 bits per heavy atom. The van der Waals surface area contributed by atoms with Crippen molar-refractivity contribution in [2.45, 2.75) is 34.0 Å². The first-order chi connectivity index (χ1) is 10.7. The zero-order chi connectivity index (χ0) is 17.0. The van der Waals surface area contributed by atoms with Gasteiger partial charge < -0.3 is 35.3 Å². The third kappa shape index (κ3) is 2.45. The summed E-state index contributed by atoms with van der Waals surface area (Å²) in [5.74, 6) is 0.260. The lowest BCUT2D eigenvalue weighted by molar-refractivity contribution is -0.242. The van der Waals surface area contributed by atoms with Gasteiger partial charge in [0.15, 0.2) is 10.6 Å². The normalized spacial score (nSPS) is 41.2. The summed E-state index contributed by atoms with van der Waals surface area (Å²) >= 11 is 8.65. The SMILES string of the molecule is O[C@@H]1[C@H](O)[C@H](Oc2c[nH]c3ccccc23)[C@](O)(Cl)[C@@](O)(Br)[C@H]1O. The molecule has 23 heavy (non-hydrogen) atoms. The van der Waals surface area contributed by atoms with Crippen LogP contribution in [0, 0.1) is 0 Å². The number of aliphatic hydroxyl groups is 5. The third-order valence-electron chi connectivity index (χ3n) is 4.05. The minimum atomic E-state index is -2.61. The molecule has 1 heterocycles. The van der Waals surface area contributed by atoms with Crippen molar-refractivity contribution in [3.63, 3.8) is 0 Å². The van der Waals surface area contributed by atoms with Crippen LogP contribution in [0.5, 0.6) is 5.75 Å². The first-order valence-corrected chi connectivity index (χ1v) is 7.94. The Hall–Kier alpha value is -0.870. The molecule has 3 rings (SSSR count). The van der Waals surface area contributed by atoms with Crippen LogP contribution in [0.3, 0.4) is 0 Å². The van der Waals surface area contributed by atoms with Gasteiger partial charge >= 0.3 is 0 Å². The molecule has 0 saturated heterocycles. The van der Waals surface area contributed by atoms with E-state index in [9.17, 15) is 25.5 Å².